The highest BCUT2D eigenvalue weighted by molar-refractivity contribution is 9.10. The Morgan fingerprint density at radius 1 is 1.00 bits per heavy atom. The van der Waals surface area contributed by atoms with Crippen LogP contribution < -0.4 is 4.74 Å². The Morgan fingerprint density at radius 2 is 1.60 bits per heavy atom. The van der Waals surface area contributed by atoms with Gasteiger partial charge in [-0.25, -0.2) is 0 Å². The summed E-state index contributed by atoms with van der Waals surface area (Å²) >= 11 is 9.87. The molecule has 1 unspecified atom stereocenters. The first kappa shape index (κ1) is 15.4. The third-order valence-electron chi connectivity index (χ3n) is 3.28. The fourth-order valence-corrected chi connectivity index (χ4v) is 2.65. The van der Waals surface area contributed by atoms with E-state index in [0.717, 1.165) is 29.5 Å². The van der Waals surface area contributed by atoms with Gasteiger partial charge in [-0.15, -0.1) is 11.6 Å². The number of halogens is 2. The van der Waals surface area contributed by atoms with Crippen molar-refractivity contribution in [1.29, 1.82) is 0 Å². The van der Waals surface area contributed by atoms with Crippen LogP contribution >= 0.6 is 27.5 Å². The van der Waals surface area contributed by atoms with Crippen LogP contribution in [0.3, 0.4) is 0 Å². The number of rotatable bonds is 6. The molecule has 0 heterocycles. The number of hydrogen-bond acceptors (Lipinski definition) is 1. The van der Waals surface area contributed by atoms with E-state index in [1.807, 2.05) is 12.1 Å². The van der Waals surface area contributed by atoms with Crippen LogP contribution in [0.4, 0.5) is 0 Å². The molecule has 0 saturated heterocycles. The van der Waals surface area contributed by atoms with Crippen LogP contribution in [0.2, 0.25) is 0 Å². The maximum Gasteiger partial charge on any atom is 0.118 e. The molecule has 2 aromatic carbocycles. The highest BCUT2D eigenvalue weighted by Gasteiger charge is 2.07. The van der Waals surface area contributed by atoms with Gasteiger partial charge in [-0.1, -0.05) is 40.2 Å². The maximum absolute atomic E-state index is 6.43. The third kappa shape index (κ3) is 4.84. The standard InChI is InChI=1S/C17H18BrClO/c1-20-17-10-5-13(6-11-17)4-9-16(19)12-14-2-7-15(18)8-3-14/h2-3,5-8,10-11,16H,4,9,12H2,1H3. The third-order valence-corrected chi connectivity index (χ3v) is 4.18. The van der Waals surface area contributed by atoms with Crippen molar-refractivity contribution < 1.29 is 4.74 Å². The monoisotopic (exact) mass is 352 g/mol. The topological polar surface area (TPSA) is 9.23 Å². The van der Waals surface area contributed by atoms with E-state index in [2.05, 4.69) is 52.3 Å². The Kier molecular flexibility index (Phi) is 5.93. The first-order valence-electron chi connectivity index (χ1n) is 6.69. The molecule has 0 aliphatic heterocycles. The van der Waals surface area contributed by atoms with Gasteiger partial charge in [-0.05, 0) is 54.7 Å². The van der Waals surface area contributed by atoms with Gasteiger partial charge in [0, 0.05) is 9.85 Å². The smallest absolute Gasteiger partial charge is 0.118 e. The van der Waals surface area contributed by atoms with Crippen molar-refractivity contribution in [2.45, 2.75) is 24.6 Å². The second-order valence-electron chi connectivity index (χ2n) is 4.81. The minimum atomic E-state index is 0.165. The van der Waals surface area contributed by atoms with Crippen LogP contribution in [0, 0.1) is 0 Å². The molecule has 0 fully saturated rings. The molecule has 0 radical (unpaired) electrons. The minimum absolute atomic E-state index is 0.165. The SMILES string of the molecule is COc1ccc(CCC(Cl)Cc2ccc(Br)cc2)cc1. The van der Waals surface area contributed by atoms with E-state index in [1.165, 1.54) is 11.1 Å². The summed E-state index contributed by atoms with van der Waals surface area (Å²) in [6.07, 6.45) is 2.88. The van der Waals surface area contributed by atoms with Gasteiger partial charge in [0.2, 0.25) is 0 Å². The molecule has 0 saturated carbocycles. The Labute approximate surface area is 134 Å². The number of ether oxygens (including phenoxy) is 1. The average molecular weight is 354 g/mol. The zero-order valence-electron chi connectivity index (χ0n) is 11.5. The van der Waals surface area contributed by atoms with Crippen LogP contribution in [0.5, 0.6) is 5.75 Å². The molecule has 106 valence electrons. The van der Waals surface area contributed by atoms with E-state index in [9.17, 15) is 0 Å². The summed E-state index contributed by atoms with van der Waals surface area (Å²) in [5.74, 6) is 0.894. The molecule has 20 heavy (non-hydrogen) atoms. The molecular weight excluding hydrogens is 336 g/mol. The van der Waals surface area contributed by atoms with Gasteiger partial charge in [-0.2, -0.15) is 0 Å². The van der Waals surface area contributed by atoms with E-state index in [0.29, 0.717) is 0 Å². The molecule has 0 amide bonds. The molecule has 0 aromatic heterocycles. The molecule has 1 nitrogen and oxygen atoms in total. The highest BCUT2D eigenvalue weighted by Crippen LogP contribution is 2.18. The van der Waals surface area contributed by atoms with Gasteiger partial charge >= 0.3 is 0 Å². The van der Waals surface area contributed by atoms with Crippen LogP contribution in [-0.2, 0) is 12.8 Å². The van der Waals surface area contributed by atoms with Crippen molar-refractivity contribution in [2.24, 2.45) is 0 Å². The highest BCUT2D eigenvalue weighted by atomic mass is 79.9. The van der Waals surface area contributed by atoms with Crippen LogP contribution in [-0.4, -0.2) is 12.5 Å². The lowest BCUT2D eigenvalue weighted by atomic mass is 10.0. The van der Waals surface area contributed by atoms with Crippen molar-refractivity contribution in [2.75, 3.05) is 7.11 Å². The van der Waals surface area contributed by atoms with Gasteiger partial charge < -0.3 is 4.74 Å². The van der Waals surface area contributed by atoms with E-state index in [1.54, 1.807) is 7.11 Å². The van der Waals surface area contributed by atoms with Crippen LogP contribution in [0.1, 0.15) is 17.5 Å². The predicted octanol–water partition coefficient (Wildman–Crippen LogP) is 5.24. The van der Waals surface area contributed by atoms with Gasteiger partial charge in [0.05, 0.1) is 7.11 Å². The first-order valence-corrected chi connectivity index (χ1v) is 7.92. The van der Waals surface area contributed by atoms with Crippen molar-refractivity contribution in [3.63, 3.8) is 0 Å². The van der Waals surface area contributed by atoms with Crippen LogP contribution in [0.25, 0.3) is 0 Å². The van der Waals surface area contributed by atoms with Gasteiger partial charge in [0.1, 0.15) is 5.75 Å². The average Bonchev–Trinajstić information content (AvgIpc) is 2.48. The lowest BCUT2D eigenvalue weighted by Gasteiger charge is -2.10. The molecule has 2 aromatic rings. The lowest BCUT2D eigenvalue weighted by molar-refractivity contribution is 0.414. The number of alkyl halides is 1. The first-order chi connectivity index (χ1) is 9.67. The Bertz CT molecular complexity index is 522. The Hall–Kier alpha value is -0.990. The quantitative estimate of drug-likeness (QED) is 0.645. The molecule has 1 atom stereocenters. The summed E-state index contributed by atoms with van der Waals surface area (Å²) in [7, 11) is 1.68. The number of hydrogen-bond donors (Lipinski definition) is 0. The molecule has 0 bridgehead atoms. The van der Waals surface area contributed by atoms with Gasteiger partial charge in [-0.3, -0.25) is 0 Å². The summed E-state index contributed by atoms with van der Waals surface area (Å²) in [5.41, 5.74) is 2.58. The lowest BCUT2D eigenvalue weighted by Crippen LogP contribution is -2.05. The maximum atomic E-state index is 6.43. The second-order valence-corrected chi connectivity index (χ2v) is 6.35. The summed E-state index contributed by atoms with van der Waals surface area (Å²) in [6, 6.07) is 16.5. The van der Waals surface area contributed by atoms with E-state index in [-0.39, 0.29) is 5.38 Å². The Balaban J connectivity index is 1.82. The summed E-state index contributed by atoms with van der Waals surface area (Å²) in [5, 5.41) is 0.165. The Morgan fingerprint density at radius 3 is 2.20 bits per heavy atom. The zero-order valence-corrected chi connectivity index (χ0v) is 13.8. The largest absolute Gasteiger partial charge is 0.497 e. The van der Waals surface area contributed by atoms with Gasteiger partial charge in [0.25, 0.3) is 0 Å². The van der Waals surface area contributed by atoms with Crippen molar-refractivity contribution in [3.05, 3.63) is 64.1 Å². The van der Waals surface area contributed by atoms with Crippen LogP contribution in [0.15, 0.2) is 53.0 Å². The fraction of sp³-hybridized carbons (Fsp3) is 0.294. The van der Waals surface area contributed by atoms with E-state index < -0.39 is 0 Å². The zero-order chi connectivity index (χ0) is 14.4. The van der Waals surface area contributed by atoms with Crippen molar-refractivity contribution >= 4 is 27.5 Å². The predicted molar refractivity (Wildman–Crippen MR) is 88.8 cm³/mol. The molecule has 0 spiro atoms. The molecule has 3 heteroatoms. The normalized spacial score (nSPS) is 12.2. The second kappa shape index (κ2) is 7.70. The minimum Gasteiger partial charge on any atom is -0.497 e. The molecule has 0 aliphatic rings. The molecular formula is C17H18BrClO. The molecule has 0 aliphatic carbocycles. The van der Waals surface area contributed by atoms with E-state index in [4.69, 9.17) is 16.3 Å². The molecule has 0 N–H and O–H groups in total. The number of benzene rings is 2. The van der Waals surface area contributed by atoms with Crippen molar-refractivity contribution in [3.8, 4) is 5.75 Å². The van der Waals surface area contributed by atoms with Gasteiger partial charge in [0.15, 0.2) is 0 Å². The molecule has 2 rings (SSSR count). The fourth-order valence-electron chi connectivity index (χ4n) is 2.09. The number of methoxy groups -OCH3 is 1. The van der Waals surface area contributed by atoms with E-state index >= 15 is 0 Å². The van der Waals surface area contributed by atoms with Crippen molar-refractivity contribution in [1.82, 2.24) is 0 Å². The number of aryl methyl sites for hydroxylation is 1. The summed E-state index contributed by atoms with van der Waals surface area (Å²) < 4.78 is 6.26. The summed E-state index contributed by atoms with van der Waals surface area (Å²) in [6.45, 7) is 0. The summed E-state index contributed by atoms with van der Waals surface area (Å²) in [4.78, 5) is 0.